The molecule has 0 bridgehead atoms. The highest BCUT2D eigenvalue weighted by Crippen LogP contribution is 2.30. The highest BCUT2D eigenvalue weighted by Gasteiger charge is 2.08. The van der Waals surface area contributed by atoms with E-state index in [2.05, 4.69) is 22.9 Å². The summed E-state index contributed by atoms with van der Waals surface area (Å²) in [6.45, 7) is 4.00. The molecular weight excluding hydrogens is 274 g/mol. The van der Waals surface area contributed by atoms with Crippen LogP contribution in [0.25, 0.3) is 22.0 Å². The Hall–Kier alpha value is -2.39. The number of nitrogens with zero attached hydrogens (tertiary/aromatic N) is 1. The smallest absolute Gasteiger partial charge is 0.150 e. The van der Waals surface area contributed by atoms with Crippen LogP contribution >= 0.6 is 0 Å². The van der Waals surface area contributed by atoms with E-state index in [0.717, 1.165) is 18.9 Å². The molecule has 0 saturated heterocycles. The molecule has 0 aliphatic rings. The Morgan fingerprint density at radius 2 is 1.64 bits per heavy atom. The van der Waals surface area contributed by atoms with Crippen LogP contribution in [0.1, 0.15) is 24.2 Å². The van der Waals surface area contributed by atoms with Gasteiger partial charge in [-0.2, -0.15) is 0 Å². The van der Waals surface area contributed by atoms with Crippen LogP contribution in [-0.4, -0.2) is 23.1 Å². The van der Waals surface area contributed by atoms with Crippen LogP contribution in [-0.2, 0) is 7.05 Å². The van der Waals surface area contributed by atoms with Gasteiger partial charge in [0.25, 0.3) is 0 Å². The zero-order valence-electron chi connectivity index (χ0n) is 13.6. The molecule has 0 radical (unpaired) electrons. The zero-order chi connectivity index (χ0) is 16.5. The van der Waals surface area contributed by atoms with Gasteiger partial charge in [-0.05, 0) is 11.6 Å². The van der Waals surface area contributed by atoms with Crippen molar-refractivity contribution >= 4 is 17.2 Å². The molecule has 22 heavy (non-hydrogen) atoms. The molecule has 0 aliphatic heterocycles. The van der Waals surface area contributed by atoms with E-state index in [9.17, 15) is 4.79 Å². The molecule has 3 heteroatoms. The van der Waals surface area contributed by atoms with E-state index < -0.39 is 0 Å². The Morgan fingerprint density at radius 3 is 2.23 bits per heavy atom. The Labute approximate surface area is 131 Å². The van der Waals surface area contributed by atoms with Crippen LogP contribution in [0.15, 0.2) is 54.7 Å². The largest absolute Gasteiger partial charge is 0.400 e. The predicted octanol–water partition coefficient (Wildman–Crippen LogP) is 4.29. The molecule has 3 nitrogen and oxygen atoms in total. The lowest BCUT2D eigenvalue weighted by Crippen LogP contribution is -1.85. The first-order valence-electron chi connectivity index (χ1n) is 7.34. The number of carbonyl (C=O) groups is 1. The standard InChI is InChI=1S/C16H13NO.C2H6.CH4O/c1-17-10-15(13-5-3-2-4-6-13)14-8-7-12(11-18)9-16(14)17;2*1-2/h2-11H,1H3;1-2H3;2H,1H3. The number of aliphatic hydroxyl groups is 1. The van der Waals surface area contributed by atoms with Crippen LogP contribution in [0.4, 0.5) is 0 Å². The van der Waals surface area contributed by atoms with Crippen molar-refractivity contribution in [2.45, 2.75) is 13.8 Å². The third-order valence-corrected chi connectivity index (χ3v) is 3.24. The summed E-state index contributed by atoms with van der Waals surface area (Å²) >= 11 is 0. The van der Waals surface area contributed by atoms with Crippen molar-refractivity contribution < 1.29 is 9.90 Å². The first-order chi connectivity index (χ1) is 10.8. The molecule has 0 atom stereocenters. The number of aryl methyl sites for hydroxylation is 1. The lowest BCUT2D eigenvalue weighted by molar-refractivity contribution is 0.112. The Kier molecular flexibility index (Phi) is 7.06. The maximum Gasteiger partial charge on any atom is 0.150 e. The van der Waals surface area contributed by atoms with Gasteiger partial charge in [-0.25, -0.2) is 0 Å². The zero-order valence-corrected chi connectivity index (χ0v) is 13.6. The minimum atomic E-state index is 0.711. The summed E-state index contributed by atoms with van der Waals surface area (Å²) in [5.74, 6) is 0. The van der Waals surface area contributed by atoms with Gasteiger partial charge in [0.15, 0.2) is 0 Å². The van der Waals surface area contributed by atoms with Crippen molar-refractivity contribution in [1.82, 2.24) is 4.57 Å². The molecule has 2 aromatic carbocycles. The summed E-state index contributed by atoms with van der Waals surface area (Å²) in [5, 5.41) is 8.18. The number of aromatic nitrogens is 1. The van der Waals surface area contributed by atoms with Gasteiger partial charge in [-0.1, -0.05) is 56.3 Å². The van der Waals surface area contributed by atoms with Gasteiger partial charge < -0.3 is 9.67 Å². The summed E-state index contributed by atoms with van der Waals surface area (Å²) in [6.07, 6.45) is 2.99. The fourth-order valence-electron chi connectivity index (χ4n) is 2.32. The number of fused-ring (bicyclic) bond motifs is 1. The van der Waals surface area contributed by atoms with Crippen LogP contribution in [0.5, 0.6) is 0 Å². The maximum absolute atomic E-state index is 10.8. The van der Waals surface area contributed by atoms with Crippen LogP contribution in [0.2, 0.25) is 0 Å². The lowest BCUT2D eigenvalue weighted by atomic mass is 10.0. The van der Waals surface area contributed by atoms with E-state index in [1.807, 2.05) is 57.3 Å². The van der Waals surface area contributed by atoms with Gasteiger partial charge in [0, 0.05) is 42.4 Å². The second-order valence-corrected chi connectivity index (χ2v) is 4.41. The Balaban J connectivity index is 0.000000561. The minimum absolute atomic E-state index is 0.711. The summed E-state index contributed by atoms with van der Waals surface area (Å²) in [4.78, 5) is 10.8. The van der Waals surface area contributed by atoms with Gasteiger partial charge in [0.05, 0.1) is 0 Å². The number of hydrogen-bond acceptors (Lipinski definition) is 2. The monoisotopic (exact) mass is 297 g/mol. The second kappa shape index (κ2) is 8.80. The van der Waals surface area contributed by atoms with E-state index in [0.29, 0.717) is 5.56 Å². The number of aliphatic hydroxyl groups excluding tert-OH is 1. The van der Waals surface area contributed by atoms with Crippen molar-refractivity contribution in [3.63, 3.8) is 0 Å². The highest BCUT2D eigenvalue weighted by molar-refractivity contribution is 5.98. The van der Waals surface area contributed by atoms with E-state index in [4.69, 9.17) is 5.11 Å². The molecular formula is C19H23NO2. The van der Waals surface area contributed by atoms with Crippen molar-refractivity contribution in [2.75, 3.05) is 7.11 Å². The summed E-state index contributed by atoms with van der Waals surface area (Å²) < 4.78 is 2.06. The van der Waals surface area contributed by atoms with Crippen molar-refractivity contribution in [3.05, 3.63) is 60.3 Å². The Bertz CT molecular complexity index is 715. The molecule has 0 spiro atoms. The van der Waals surface area contributed by atoms with Crippen molar-refractivity contribution in [1.29, 1.82) is 0 Å². The normalized spacial score (nSPS) is 9.32. The SMILES string of the molecule is CC.CO.Cn1cc(-c2ccccc2)c2ccc(C=O)cc21. The molecule has 116 valence electrons. The topological polar surface area (TPSA) is 42.2 Å². The van der Waals surface area contributed by atoms with Gasteiger partial charge in [-0.15, -0.1) is 0 Å². The molecule has 0 amide bonds. The van der Waals surface area contributed by atoms with Crippen LogP contribution < -0.4 is 0 Å². The summed E-state index contributed by atoms with van der Waals surface area (Å²) in [5.41, 5.74) is 4.19. The quantitative estimate of drug-likeness (QED) is 0.717. The maximum atomic E-state index is 10.8. The third-order valence-electron chi connectivity index (χ3n) is 3.24. The first-order valence-corrected chi connectivity index (χ1v) is 7.34. The minimum Gasteiger partial charge on any atom is -0.400 e. The van der Waals surface area contributed by atoms with Gasteiger partial charge in [0.1, 0.15) is 6.29 Å². The number of aldehydes is 1. The molecule has 1 heterocycles. The van der Waals surface area contributed by atoms with E-state index in [1.165, 1.54) is 16.5 Å². The second-order valence-electron chi connectivity index (χ2n) is 4.41. The number of hydrogen-bond donors (Lipinski definition) is 1. The molecule has 1 aromatic heterocycles. The fourth-order valence-corrected chi connectivity index (χ4v) is 2.32. The number of carbonyl (C=O) groups excluding carboxylic acids is 1. The average molecular weight is 297 g/mol. The third kappa shape index (κ3) is 3.62. The fraction of sp³-hybridized carbons (Fsp3) is 0.211. The van der Waals surface area contributed by atoms with E-state index in [1.54, 1.807) is 0 Å². The molecule has 0 saturated carbocycles. The van der Waals surface area contributed by atoms with Gasteiger partial charge >= 0.3 is 0 Å². The first kappa shape index (κ1) is 17.7. The molecule has 0 aliphatic carbocycles. The lowest BCUT2D eigenvalue weighted by Gasteiger charge is -1.99. The van der Waals surface area contributed by atoms with E-state index >= 15 is 0 Å². The number of benzene rings is 2. The van der Waals surface area contributed by atoms with Crippen LogP contribution in [0, 0.1) is 0 Å². The summed E-state index contributed by atoms with van der Waals surface area (Å²) in [6, 6.07) is 16.1. The molecule has 3 rings (SSSR count). The highest BCUT2D eigenvalue weighted by atomic mass is 16.2. The summed E-state index contributed by atoms with van der Waals surface area (Å²) in [7, 11) is 3.00. The molecule has 1 N–H and O–H groups in total. The van der Waals surface area contributed by atoms with E-state index in [-0.39, 0.29) is 0 Å². The van der Waals surface area contributed by atoms with Crippen molar-refractivity contribution in [2.24, 2.45) is 7.05 Å². The molecule has 0 unspecified atom stereocenters. The van der Waals surface area contributed by atoms with Crippen molar-refractivity contribution in [3.8, 4) is 11.1 Å². The van der Waals surface area contributed by atoms with Gasteiger partial charge in [-0.3, -0.25) is 4.79 Å². The van der Waals surface area contributed by atoms with Crippen LogP contribution in [0.3, 0.4) is 0 Å². The molecule has 3 aromatic rings. The number of rotatable bonds is 2. The Morgan fingerprint density at radius 1 is 1.00 bits per heavy atom. The van der Waals surface area contributed by atoms with Gasteiger partial charge in [0.2, 0.25) is 0 Å². The predicted molar refractivity (Wildman–Crippen MR) is 93.2 cm³/mol. The average Bonchev–Trinajstić information content (AvgIpc) is 2.95. The molecule has 0 fully saturated rings.